The summed E-state index contributed by atoms with van der Waals surface area (Å²) in [6.07, 6.45) is -0.535. The highest BCUT2D eigenvalue weighted by molar-refractivity contribution is 5.94. The average molecular weight is 503 g/mol. The lowest BCUT2D eigenvalue weighted by molar-refractivity contribution is -0.121. The fourth-order valence-electron chi connectivity index (χ4n) is 3.16. The molecule has 3 aromatic rings. The van der Waals surface area contributed by atoms with Crippen LogP contribution in [0.5, 0.6) is 0 Å². The van der Waals surface area contributed by atoms with E-state index >= 15 is 0 Å². The fraction of sp³-hybridized carbons (Fsp3) is 0.222. The number of alkyl carbamates (subject to hydrolysis) is 1. The molecule has 0 bridgehead atoms. The van der Waals surface area contributed by atoms with E-state index in [-0.39, 0.29) is 49.6 Å². The predicted octanol–water partition coefficient (Wildman–Crippen LogP) is 2.52. The van der Waals surface area contributed by atoms with E-state index in [0.717, 1.165) is 11.1 Å². The van der Waals surface area contributed by atoms with E-state index < -0.39 is 6.09 Å². The van der Waals surface area contributed by atoms with Crippen molar-refractivity contribution < 1.29 is 19.1 Å². The number of guanidine groups is 1. The highest BCUT2D eigenvalue weighted by Crippen LogP contribution is 2.03. The van der Waals surface area contributed by atoms with Gasteiger partial charge in [0.15, 0.2) is 0 Å². The minimum Gasteiger partial charge on any atom is -0.444 e. The number of benzene rings is 2. The van der Waals surface area contributed by atoms with Crippen molar-refractivity contribution in [2.75, 3.05) is 13.6 Å². The zero-order chi connectivity index (χ0) is 26.3. The molecule has 0 aliphatic heterocycles. The molecular formula is C27H30N6O4. The molecule has 1 aromatic heterocycles. The summed E-state index contributed by atoms with van der Waals surface area (Å²) < 4.78 is 5.27. The topological polar surface area (TPSA) is 134 Å². The summed E-state index contributed by atoms with van der Waals surface area (Å²) in [7, 11) is 1.53. The van der Waals surface area contributed by atoms with Gasteiger partial charge in [0, 0.05) is 26.6 Å². The summed E-state index contributed by atoms with van der Waals surface area (Å²) in [5, 5.41) is 10.9. The Balaban J connectivity index is 1.57. The minimum absolute atomic E-state index is 0.0896. The number of nitrogens with zero attached hydrogens (tertiary/aromatic N) is 2. The molecule has 10 nitrogen and oxygen atoms in total. The number of nitrogens with one attached hydrogen (secondary N) is 4. The van der Waals surface area contributed by atoms with Gasteiger partial charge in [-0.05, 0) is 23.3 Å². The number of hydrogen-bond donors (Lipinski definition) is 4. The van der Waals surface area contributed by atoms with Gasteiger partial charge in [0.2, 0.25) is 11.9 Å². The highest BCUT2D eigenvalue weighted by atomic mass is 16.5. The smallest absolute Gasteiger partial charge is 0.414 e. The number of aliphatic imine (C=N–C) groups is 1. The molecule has 10 heteroatoms. The van der Waals surface area contributed by atoms with Gasteiger partial charge in [-0.1, -0.05) is 66.7 Å². The summed E-state index contributed by atoms with van der Waals surface area (Å²) >= 11 is 0. The van der Waals surface area contributed by atoms with E-state index in [1.54, 1.807) is 18.2 Å². The van der Waals surface area contributed by atoms with Crippen molar-refractivity contribution in [1.82, 2.24) is 26.3 Å². The number of ether oxygens (including phenoxy) is 1. The number of carbonyl (C=O) groups excluding carboxylic acids is 3. The summed E-state index contributed by atoms with van der Waals surface area (Å²) in [6, 6.07) is 23.9. The van der Waals surface area contributed by atoms with Crippen molar-refractivity contribution in [1.29, 1.82) is 0 Å². The second-order valence-corrected chi connectivity index (χ2v) is 7.88. The molecule has 3 amide bonds. The van der Waals surface area contributed by atoms with Gasteiger partial charge in [-0.15, -0.1) is 0 Å². The van der Waals surface area contributed by atoms with Crippen LogP contribution in [0.3, 0.4) is 0 Å². The molecule has 0 radical (unpaired) electrons. The average Bonchev–Trinajstić information content (AvgIpc) is 2.94. The molecule has 0 saturated carbocycles. The Kier molecular flexibility index (Phi) is 10.6. The van der Waals surface area contributed by atoms with Crippen molar-refractivity contribution in [3.8, 4) is 0 Å². The van der Waals surface area contributed by atoms with Crippen LogP contribution in [0.1, 0.15) is 33.7 Å². The number of pyridine rings is 1. The number of hydrogen-bond acceptors (Lipinski definition) is 6. The van der Waals surface area contributed by atoms with E-state index in [1.165, 1.54) is 7.05 Å². The number of rotatable bonds is 10. The first-order valence-electron chi connectivity index (χ1n) is 11.8. The third kappa shape index (κ3) is 9.81. The standard InChI is InChI=1S/C27H30N6O4/c1-28-25(35)23-14-8-13-22(32-23)18-31-26(33-27(36)37-19-21-11-6-3-7-12-21)29-16-15-24(34)30-17-20-9-4-2-5-10-20/h2-14H,15-19H2,1H3,(H,28,35)(H,30,34)(H2,29,31,33,36). The molecule has 192 valence electrons. The van der Waals surface area contributed by atoms with E-state index in [2.05, 4.69) is 31.2 Å². The lowest BCUT2D eigenvalue weighted by Gasteiger charge is -2.12. The molecule has 0 saturated heterocycles. The van der Waals surface area contributed by atoms with Gasteiger partial charge in [-0.2, -0.15) is 0 Å². The highest BCUT2D eigenvalue weighted by Gasteiger charge is 2.10. The van der Waals surface area contributed by atoms with Crippen molar-refractivity contribution in [3.05, 3.63) is 101 Å². The van der Waals surface area contributed by atoms with E-state index in [4.69, 9.17) is 4.74 Å². The molecule has 37 heavy (non-hydrogen) atoms. The monoisotopic (exact) mass is 502 g/mol. The largest absolute Gasteiger partial charge is 0.444 e. The van der Waals surface area contributed by atoms with Crippen LogP contribution in [0.4, 0.5) is 4.79 Å². The maximum Gasteiger partial charge on any atom is 0.414 e. The SMILES string of the molecule is CNC(=O)c1cccc(CN=C(NCCC(=O)NCc2ccccc2)NC(=O)OCc2ccccc2)n1. The van der Waals surface area contributed by atoms with Crippen molar-refractivity contribution >= 4 is 23.9 Å². The first kappa shape index (κ1) is 26.9. The Morgan fingerprint density at radius 3 is 2.27 bits per heavy atom. The molecule has 0 atom stereocenters. The van der Waals surface area contributed by atoms with Crippen molar-refractivity contribution in [2.24, 2.45) is 4.99 Å². The van der Waals surface area contributed by atoms with E-state index in [9.17, 15) is 14.4 Å². The third-order valence-corrected chi connectivity index (χ3v) is 5.08. The van der Waals surface area contributed by atoms with Gasteiger partial charge in [-0.25, -0.2) is 14.8 Å². The van der Waals surface area contributed by atoms with Crippen LogP contribution in [0, 0.1) is 0 Å². The molecule has 3 rings (SSSR count). The molecule has 0 unspecified atom stereocenters. The number of aromatic nitrogens is 1. The third-order valence-electron chi connectivity index (χ3n) is 5.08. The van der Waals surface area contributed by atoms with Crippen LogP contribution in [0.15, 0.2) is 83.9 Å². The summed E-state index contributed by atoms with van der Waals surface area (Å²) in [4.78, 5) is 45.1. The van der Waals surface area contributed by atoms with E-state index in [0.29, 0.717) is 12.2 Å². The zero-order valence-electron chi connectivity index (χ0n) is 20.6. The second kappa shape index (κ2) is 14.6. The van der Waals surface area contributed by atoms with Crippen molar-refractivity contribution in [3.63, 3.8) is 0 Å². The minimum atomic E-state index is -0.698. The summed E-state index contributed by atoms with van der Waals surface area (Å²) in [6.45, 7) is 0.839. The van der Waals surface area contributed by atoms with Gasteiger partial charge in [-0.3, -0.25) is 14.9 Å². The number of amides is 3. The maximum atomic E-state index is 12.4. The first-order valence-corrected chi connectivity index (χ1v) is 11.8. The van der Waals surface area contributed by atoms with Crippen LogP contribution in [-0.2, 0) is 29.2 Å². The lowest BCUT2D eigenvalue weighted by Crippen LogP contribution is -2.42. The van der Waals surface area contributed by atoms with Crippen LogP contribution in [0.25, 0.3) is 0 Å². The normalized spacial score (nSPS) is 10.8. The Morgan fingerprint density at radius 2 is 1.57 bits per heavy atom. The Hall–Kier alpha value is -4.73. The van der Waals surface area contributed by atoms with Crippen LogP contribution >= 0.6 is 0 Å². The van der Waals surface area contributed by atoms with Gasteiger partial charge >= 0.3 is 6.09 Å². The Bertz CT molecular complexity index is 1200. The first-order chi connectivity index (χ1) is 18.0. The fourth-order valence-corrected chi connectivity index (χ4v) is 3.16. The quantitative estimate of drug-likeness (QED) is 0.249. The van der Waals surface area contributed by atoms with Gasteiger partial charge < -0.3 is 20.7 Å². The lowest BCUT2D eigenvalue weighted by atomic mass is 10.2. The second-order valence-electron chi connectivity index (χ2n) is 7.88. The Labute approximate surface area is 215 Å². The number of carbonyl (C=O) groups is 3. The summed E-state index contributed by atoms with van der Waals surface area (Å²) in [5.41, 5.74) is 2.63. The summed E-state index contributed by atoms with van der Waals surface area (Å²) in [5.74, 6) is -0.336. The molecule has 0 spiro atoms. The molecule has 1 heterocycles. The van der Waals surface area contributed by atoms with E-state index in [1.807, 2.05) is 60.7 Å². The van der Waals surface area contributed by atoms with Crippen molar-refractivity contribution in [2.45, 2.75) is 26.1 Å². The molecule has 0 aliphatic rings. The van der Waals surface area contributed by atoms with Gasteiger partial charge in [0.1, 0.15) is 12.3 Å². The molecule has 4 N–H and O–H groups in total. The molecular weight excluding hydrogens is 472 g/mol. The van der Waals surface area contributed by atoms with Gasteiger partial charge in [0.05, 0.1) is 12.2 Å². The predicted molar refractivity (Wildman–Crippen MR) is 139 cm³/mol. The Morgan fingerprint density at radius 1 is 0.865 bits per heavy atom. The molecule has 2 aromatic carbocycles. The molecule has 0 aliphatic carbocycles. The van der Waals surface area contributed by atoms with Crippen LogP contribution in [-0.4, -0.2) is 42.4 Å². The zero-order valence-corrected chi connectivity index (χ0v) is 20.6. The molecule has 0 fully saturated rings. The van der Waals surface area contributed by atoms with Crippen LogP contribution in [0.2, 0.25) is 0 Å². The maximum absolute atomic E-state index is 12.4. The van der Waals surface area contributed by atoms with Crippen LogP contribution < -0.4 is 21.3 Å². The van der Waals surface area contributed by atoms with Gasteiger partial charge in [0.25, 0.3) is 5.91 Å².